The van der Waals surface area contributed by atoms with Gasteiger partial charge in [-0.2, -0.15) is 0 Å². The third-order valence-electron chi connectivity index (χ3n) is 6.93. The third-order valence-corrected chi connectivity index (χ3v) is 6.93. The summed E-state index contributed by atoms with van der Waals surface area (Å²) in [5.74, 6) is -0.102. The van der Waals surface area contributed by atoms with Gasteiger partial charge in [-0.1, -0.05) is 134 Å². The smallest absolute Gasteiger partial charge is 0.220 e. The lowest BCUT2D eigenvalue weighted by molar-refractivity contribution is -0.122. The Morgan fingerprint density at radius 2 is 1.06 bits per heavy atom. The molecule has 3 N–H and O–H groups in total. The second-order valence-electron chi connectivity index (χ2n) is 10.5. The molecule has 212 valence electrons. The van der Waals surface area contributed by atoms with E-state index in [1.54, 1.807) is 6.08 Å². The molecule has 0 saturated carbocycles. The fourth-order valence-corrected chi connectivity index (χ4v) is 4.47. The average molecular weight is 508 g/mol. The molecular weight excluding hydrogens is 446 g/mol. The summed E-state index contributed by atoms with van der Waals surface area (Å²) in [7, 11) is 0. The molecule has 0 heterocycles. The van der Waals surface area contributed by atoms with Crippen LogP contribution in [-0.2, 0) is 4.79 Å². The van der Waals surface area contributed by atoms with E-state index in [-0.39, 0.29) is 12.5 Å². The average Bonchev–Trinajstić information content (AvgIpc) is 2.88. The Morgan fingerprint density at radius 3 is 1.56 bits per heavy atom. The molecule has 0 saturated heterocycles. The van der Waals surface area contributed by atoms with E-state index in [0.717, 1.165) is 32.1 Å². The first kappa shape index (κ1) is 34.9. The molecule has 0 rings (SSSR count). The Bertz CT molecular complexity index is 518. The highest BCUT2D eigenvalue weighted by molar-refractivity contribution is 5.76. The van der Waals surface area contributed by atoms with Gasteiger partial charge in [-0.05, 0) is 38.5 Å². The molecule has 1 amide bonds. The van der Waals surface area contributed by atoms with Gasteiger partial charge in [-0.3, -0.25) is 4.79 Å². The molecule has 2 unspecified atom stereocenters. The molecule has 0 aliphatic heterocycles. The van der Waals surface area contributed by atoms with Gasteiger partial charge in [0.2, 0.25) is 5.91 Å². The van der Waals surface area contributed by atoms with E-state index >= 15 is 0 Å². The van der Waals surface area contributed by atoms with Crippen LogP contribution in [0.25, 0.3) is 0 Å². The standard InChI is InChI=1S/C32H61NO3/c1-3-5-7-9-11-13-14-15-16-17-18-20-21-23-25-27-31(35)30(29-34)33-32(36)28-26-24-22-19-12-10-8-6-4-2/h19,22,25,27,30-31,34-35H,3-18,20-21,23-24,26,28-29H2,1-2H3,(H,33,36)/b22-19-,27-25+. The molecule has 0 aliphatic rings. The largest absolute Gasteiger partial charge is 0.394 e. The third kappa shape index (κ3) is 24.6. The van der Waals surface area contributed by atoms with Crippen LogP contribution in [-0.4, -0.2) is 34.9 Å². The summed E-state index contributed by atoms with van der Waals surface area (Å²) in [6, 6.07) is -0.630. The van der Waals surface area contributed by atoms with Crippen LogP contribution in [0.1, 0.15) is 155 Å². The van der Waals surface area contributed by atoms with Crippen LogP contribution in [0.15, 0.2) is 24.3 Å². The van der Waals surface area contributed by atoms with Crippen LogP contribution in [0.5, 0.6) is 0 Å². The zero-order valence-corrected chi connectivity index (χ0v) is 24.0. The van der Waals surface area contributed by atoms with Crippen molar-refractivity contribution >= 4 is 5.91 Å². The minimum atomic E-state index is -0.844. The summed E-state index contributed by atoms with van der Waals surface area (Å²) in [5.41, 5.74) is 0. The number of rotatable bonds is 27. The Morgan fingerprint density at radius 1 is 0.639 bits per heavy atom. The van der Waals surface area contributed by atoms with Crippen LogP contribution in [0.4, 0.5) is 0 Å². The summed E-state index contributed by atoms with van der Waals surface area (Å²) >= 11 is 0. The number of aliphatic hydroxyl groups excluding tert-OH is 2. The zero-order chi connectivity index (χ0) is 26.5. The van der Waals surface area contributed by atoms with E-state index in [0.29, 0.717) is 6.42 Å². The molecule has 0 aliphatic carbocycles. The predicted molar refractivity (Wildman–Crippen MR) is 156 cm³/mol. The van der Waals surface area contributed by atoms with Crippen LogP contribution in [0.2, 0.25) is 0 Å². The van der Waals surface area contributed by atoms with Gasteiger partial charge >= 0.3 is 0 Å². The molecule has 36 heavy (non-hydrogen) atoms. The number of hydrogen-bond acceptors (Lipinski definition) is 3. The van der Waals surface area contributed by atoms with Gasteiger partial charge < -0.3 is 15.5 Å². The molecule has 0 fully saturated rings. The molecule has 0 aromatic rings. The molecule has 4 heteroatoms. The Kier molecular flexibility index (Phi) is 27.5. The highest BCUT2D eigenvalue weighted by atomic mass is 16.3. The Labute approximate surface area is 224 Å². The van der Waals surface area contributed by atoms with E-state index in [2.05, 4.69) is 31.3 Å². The van der Waals surface area contributed by atoms with Gasteiger partial charge in [0.15, 0.2) is 0 Å². The normalized spacial score (nSPS) is 13.6. The monoisotopic (exact) mass is 507 g/mol. The van der Waals surface area contributed by atoms with Gasteiger partial charge in [0.05, 0.1) is 18.8 Å². The molecule has 0 aromatic heterocycles. The number of allylic oxidation sites excluding steroid dienone is 3. The SMILES string of the molecule is CCCCCC/C=C\CCCC(=O)NC(CO)C(O)/C=C/CCCCCCCCCCCCCCC. The number of carbonyl (C=O) groups is 1. The number of hydrogen-bond donors (Lipinski definition) is 3. The van der Waals surface area contributed by atoms with Gasteiger partial charge in [0, 0.05) is 6.42 Å². The minimum Gasteiger partial charge on any atom is -0.394 e. The second kappa shape index (κ2) is 28.4. The fraction of sp³-hybridized carbons (Fsp3) is 0.844. The lowest BCUT2D eigenvalue weighted by atomic mass is 10.0. The number of amides is 1. The maximum Gasteiger partial charge on any atom is 0.220 e. The van der Waals surface area contributed by atoms with Crippen molar-refractivity contribution in [2.75, 3.05) is 6.61 Å². The molecule has 0 bridgehead atoms. The van der Waals surface area contributed by atoms with E-state index in [4.69, 9.17) is 0 Å². The molecule has 0 radical (unpaired) electrons. The van der Waals surface area contributed by atoms with Crippen LogP contribution >= 0.6 is 0 Å². The van der Waals surface area contributed by atoms with Crippen LogP contribution in [0.3, 0.4) is 0 Å². The van der Waals surface area contributed by atoms with Crippen molar-refractivity contribution in [3.63, 3.8) is 0 Å². The van der Waals surface area contributed by atoms with Gasteiger partial charge in [0.1, 0.15) is 0 Å². The fourth-order valence-electron chi connectivity index (χ4n) is 4.47. The summed E-state index contributed by atoms with van der Waals surface area (Å²) in [6.07, 6.45) is 34.0. The van der Waals surface area contributed by atoms with Gasteiger partial charge in [-0.15, -0.1) is 0 Å². The first-order chi connectivity index (χ1) is 17.7. The van der Waals surface area contributed by atoms with Crippen molar-refractivity contribution < 1.29 is 15.0 Å². The number of aliphatic hydroxyl groups is 2. The lowest BCUT2D eigenvalue weighted by Gasteiger charge is -2.19. The van der Waals surface area contributed by atoms with Crippen molar-refractivity contribution in [2.45, 2.75) is 167 Å². The molecular formula is C32H61NO3. The van der Waals surface area contributed by atoms with Crippen molar-refractivity contribution in [2.24, 2.45) is 0 Å². The maximum atomic E-state index is 12.2. The van der Waals surface area contributed by atoms with Crippen LogP contribution < -0.4 is 5.32 Å². The first-order valence-corrected chi connectivity index (χ1v) is 15.6. The highest BCUT2D eigenvalue weighted by Gasteiger charge is 2.17. The maximum absolute atomic E-state index is 12.2. The summed E-state index contributed by atoms with van der Waals surface area (Å²) in [6.45, 7) is 4.23. The topological polar surface area (TPSA) is 69.6 Å². The zero-order valence-electron chi connectivity index (χ0n) is 24.0. The van der Waals surface area contributed by atoms with Gasteiger partial charge in [-0.25, -0.2) is 0 Å². The number of unbranched alkanes of at least 4 members (excludes halogenated alkanes) is 18. The molecule has 0 spiro atoms. The quantitative estimate of drug-likeness (QED) is 0.0770. The summed E-state index contributed by atoms with van der Waals surface area (Å²) in [5, 5.41) is 22.7. The number of nitrogens with one attached hydrogen (secondary N) is 1. The first-order valence-electron chi connectivity index (χ1n) is 15.6. The van der Waals surface area contributed by atoms with Crippen molar-refractivity contribution in [1.82, 2.24) is 5.32 Å². The highest BCUT2D eigenvalue weighted by Crippen LogP contribution is 2.13. The van der Waals surface area contributed by atoms with Crippen molar-refractivity contribution in [3.8, 4) is 0 Å². The summed E-state index contributed by atoms with van der Waals surface area (Å²) < 4.78 is 0. The van der Waals surface area contributed by atoms with E-state index in [1.165, 1.54) is 103 Å². The van der Waals surface area contributed by atoms with E-state index in [9.17, 15) is 15.0 Å². The molecule has 4 nitrogen and oxygen atoms in total. The molecule has 0 aromatic carbocycles. The second-order valence-corrected chi connectivity index (χ2v) is 10.5. The molecule has 2 atom stereocenters. The van der Waals surface area contributed by atoms with Crippen LogP contribution in [0, 0.1) is 0 Å². The Balaban J connectivity index is 3.70. The van der Waals surface area contributed by atoms with Crippen molar-refractivity contribution in [3.05, 3.63) is 24.3 Å². The Hall–Kier alpha value is -1.13. The van der Waals surface area contributed by atoms with E-state index in [1.807, 2.05) is 6.08 Å². The summed E-state index contributed by atoms with van der Waals surface area (Å²) in [4.78, 5) is 12.2. The predicted octanol–water partition coefficient (Wildman–Crippen LogP) is 8.56. The van der Waals surface area contributed by atoms with Gasteiger partial charge in [0.25, 0.3) is 0 Å². The minimum absolute atomic E-state index is 0.102. The number of carbonyl (C=O) groups excluding carboxylic acids is 1. The van der Waals surface area contributed by atoms with E-state index < -0.39 is 12.1 Å². The van der Waals surface area contributed by atoms with Crippen molar-refractivity contribution in [1.29, 1.82) is 0 Å². The lowest BCUT2D eigenvalue weighted by Crippen LogP contribution is -2.45.